The summed E-state index contributed by atoms with van der Waals surface area (Å²) in [4.78, 5) is 22.5. The fraction of sp³-hybridized carbons (Fsp3) is 0.385. The van der Waals surface area contributed by atoms with E-state index < -0.39 is 6.03 Å². The Labute approximate surface area is 117 Å². The number of hydrogen-bond donors (Lipinski definition) is 2. The Morgan fingerprint density at radius 1 is 1.05 bits per heavy atom. The molecule has 0 unspecified atom stereocenters. The number of carbonyl (C=O) groups is 2. The SMILES string of the molecule is COC(=O)CCNC(=O)Nc1cc(OC)cc(OC)c1. The second kappa shape index (κ2) is 7.88. The highest BCUT2D eigenvalue weighted by Gasteiger charge is 2.06. The van der Waals surface area contributed by atoms with Crippen LogP contribution >= 0.6 is 0 Å². The van der Waals surface area contributed by atoms with Crippen LogP contribution in [-0.2, 0) is 9.53 Å². The van der Waals surface area contributed by atoms with Gasteiger partial charge in [-0.1, -0.05) is 0 Å². The summed E-state index contributed by atoms with van der Waals surface area (Å²) >= 11 is 0. The molecule has 0 fully saturated rings. The smallest absolute Gasteiger partial charge is 0.319 e. The second-order valence-electron chi connectivity index (χ2n) is 3.81. The molecule has 0 atom stereocenters. The van der Waals surface area contributed by atoms with Crippen LogP contribution in [0.1, 0.15) is 6.42 Å². The van der Waals surface area contributed by atoms with Gasteiger partial charge in [0.15, 0.2) is 0 Å². The van der Waals surface area contributed by atoms with Gasteiger partial charge in [-0.05, 0) is 0 Å². The fourth-order valence-corrected chi connectivity index (χ4v) is 1.44. The Kier molecular flexibility index (Phi) is 6.15. The molecular weight excluding hydrogens is 264 g/mol. The first-order chi connectivity index (χ1) is 9.58. The first-order valence-electron chi connectivity index (χ1n) is 5.93. The van der Waals surface area contributed by atoms with E-state index in [0.29, 0.717) is 17.2 Å². The lowest BCUT2D eigenvalue weighted by molar-refractivity contribution is -0.140. The van der Waals surface area contributed by atoms with Crippen LogP contribution in [-0.4, -0.2) is 39.9 Å². The Hall–Kier alpha value is -2.44. The van der Waals surface area contributed by atoms with E-state index in [1.54, 1.807) is 18.2 Å². The summed E-state index contributed by atoms with van der Waals surface area (Å²) in [5, 5.41) is 5.16. The van der Waals surface area contributed by atoms with Crippen LogP contribution in [0.15, 0.2) is 18.2 Å². The average Bonchev–Trinajstić information content (AvgIpc) is 2.46. The van der Waals surface area contributed by atoms with Gasteiger partial charge in [0.2, 0.25) is 0 Å². The highest BCUT2D eigenvalue weighted by Crippen LogP contribution is 2.25. The van der Waals surface area contributed by atoms with Crippen molar-refractivity contribution in [2.75, 3.05) is 33.2 Å². The zero-order valence-electron chi connectivity index (χ0n) is 11.7. The summed E-state index contributed by atoms with van der Waals surface area (Å²) < 4.78 is 14.7. The Morgan fingerprint density at radius 3 is 2.15 bits per heavy atom. The number of nitrogens with one attached hydrogen (secondary N) is 2. The van der Waals surface area contributed by atoms with Gasteiger partial charge in [-0.25, -0.2) is 4.79 Å². The van der Waals surface area contributed by atoms with Gasteiger partial charge in [0.25, 0.3) is 0 Å². The predicted octanol–water partition coefficient (Wildman–Crippen LogP) is 1.39. The maximum atomic E-state index is 11.6. The Balaban J connectivity index is 2.54. The van der Waals surface area contributed by atoms with Gasteiger partial charge in [0.1, 0.15) is 11.5 Å². The molecule has 7 heteroatoms. The van der Waals surface area contributed by atoms with Crippen molar-refractivity contribution >= 4 is 17.7 Å². The molecule has 0 saturated carbocycles. The van der Waals surface area contributed by atoms with Crippen LogP contribution in [0.25, 0.3) is 0 Å². The van der Waals surface area contributed by atoms with Crippen LogP contribution in [0, 0.1) is 0 Å². The van der Waals surface area contributed by atoms with E-state index in [2.05, 4.69) is 15.4 Å². The molecule has 0 saturated heterocycles. The summed E-state index contributed by atoms with van der Waals surface area (Å²) in [5.41, 5.74) is 0.525. The van der Waals surface area contributed by atoms with Crippen LogP contribution in [0.4, 0.5) is 10.5 Å². The first kappa shape index (κ1) is 15.6. The van der Waals surface area contributed by atoms with Crippen molar-refractivity contribution in [2.24, 2.45) is 0 Å². The molecule has 1 aromatic carbocycles. The van der Waals surface area contributed by atoms with Gasteiger partial charge in [0, 0.05) is 30.4 Å². The van der Waals surface area contributed by atoms with Crippen molar-refractivity contribution in [3.63, 3.8) is 0 Å². The number of methoxy groups -OCH3 is 3. The molecule has 0 radical (unpaired) electrons. The molecule has 0 aliphatic carbocycles. The van der Waals surface area contributed by atoms with Crippen molar-refractivity contribution in [1.82, 2.24) is 5.32 Å². The molecule has 7 nitrogen and oxygen atoms in total. The minimum Gasteiger partial charge on any atom is -0.497 e. The minimum absolute atomic E-state index is 0.116. The topological polar surface area (TPSA) is 85.9 Å². The molecule has 110 valence electrons. The Bertz CT molecular complexity index is 454. The van der Waals surface area contributed by atoms with E-state index in [1.165, 1.54) is 21.3 Å². The molecule has 20 heavy (non-hydrogen) atoms. The lowest BCUT2D eigenvalue weighted by Crippen LogP contribution is -2.30. The maximum absolute atomic E-state index is 11.6. The molecule has 2 N–H and O–H groups in total. The normalized spacial score (nSPS) is 9.55. The number of esters is 1. The zero-order chi connectivity index (χ0) is 15.0. The van der Waals surface area contributed by atoms with E-state index in [9.17, 15) is 9.59 Å². The standard InChI is InChI=1S/C13H18N2O5/c1-18-10-6-9(7-11(8-10)19-2)15-13(17)14-5-4-12(16)20-3/h6-8H,4-5H2,1-3H3,(H2,14,15,17). The third kappa shape index (κ3) is 5.05. The van der Waals surface area contributed by atoms with Crippen LogP contribution in [0.5, 0.6) is 11.5 Å². The number of rotatable bonds is 6. The summed E-state index contributed by atoms with van der Waals surface area (Å²) in [6.07, 6.45) is 0.116. The average molecular weight is 282 g/mol. The van der Waals surface area contributed by atoms with Crippen molar-refractivity contribution in [3.05, 3.63) is 18.2 Å². The number of ether oxygens (including phenoxy) is 3. The predicted molar refractivity (Wildman–Crippen MR) is 73.2 cm³/mol. The van der Waals surface area contributed by atoms with E-state index >= 15 is 0 Å². The molecule has 0 heterocycles. The van der Waals surface area contributed by atoms with Gasteiger partial charge in [0.05, 0.1) is 27.8 Å². The monoisotopic (exact) mass is 282 g/mol. The van der Waals surface area contributed by atoms with Crippen LogP contribution in [0.3, 0.4) is 0 Å². The summed E-state index contributed by atoms with van der Waals surface area (Å²) in [5.74, 6) is 0.747. The first-order valence-corrected chi connectivity index (χ1v) is 5.93. The third-order valence-corrected chi connectivity index (χ3v) is 2.45. The molecule has 0 aromatic heterocycles. The van der Waals surface area contributed by atoms with Crippen molar-refractivity contribution in [3.8, 4) is 11.5 Å². The maximum Gasteiger partial charge on any atom is 0.319 e. The quantitative estimate of drug-likeness (QED) is 0.770. The fourth-order valence-electron chi connectivity index (χ4n) is 1.44. The molecule has 0 aliphatic heterocycles. The number of hydrogen-bond acceptors (Lipinski definition) is 5. The zero-order valence-corrected chi connectivity index (χ0v) is 11.7. The van der Waals surface area contributed by atoms with Gasteiger partial charge in [-0.15, -0.1) is 0 Å². The van der Waals surface area contributed by atoms with Crippen LogP contribution < -0.4 is 20.1 Å². The lowest BCUT2D eigenvalue weighted by Gasteiger charge is -2.10. The molecular formula is C13H18N2O5. The van der Waals surface area contributed by atoms with E-state index in [4.69, 9.17) is 9.47 Å². The number of urea groups is 1. The van der Waals surface area contributed by atoms with E-state index in [0.717, 1.165) is 0 Å². The molecule has 0 bridgehead atoms. The molecule has 1 aromatic rings. The second-order valence-corrected chi connectivity index (χ2v) is 3.81. The molecule has 0 spiro atoms. The summed E-state index contributed by atoms with van der Waals surface area (Å²) in [6, 6.07) is 4.58. The Morgan fingerprint density at radius 2 is 1.65 bits per heavy atom. The highest BCUT2D eigenvalue weighted by atomic mass is 16.5. The molecule has 2 amide bonds. The summed E-state index contributed by atoms with van der Waals surface area (Å²) in [6.45, 7) is 0.194. The van der Waals surface area contributed by atoms with E-state index in [1.807, 2.05) is 0 Å². The number of benzene rings is 1. The van der Waals surface area contributed by atoms with Gasteiger partial charge < -0.3 is 24.8 Å². The van der Waals surface area contributed by atoms with Gasteiger partial charge >= 0.3 is 12.0 Å². The van der Waals surface area contributed by atoms with Crippen molar-refractivity contribution < 1.29 is 23.8 Å². The number of carbonyl (C=O) groups excluding carboxylic acids is 2. The lowest BCUT2D eigenvalue weighted by atomic mass is 10.3. The van der Waals surface area contributed by atoms with Gasteiger partial charge in [-0.3, -0.25) is 4.79 Å². The number of amides is 2. The third-order valence-electron chi connectivity index (χ3n) is 2.45. The largest absolute Gasteiger partial charge is 0.497 e. The van der Waals surface area contributed by atoms with Crippen LogP contribution in [0.2, 0.25) is 0 Å². The summed E-state index contributed by atoms with van der Waals surface area (Å²) in [7, 11) is 4.34. The molecule has 0 aliphatic rings. The van der Waals surface area contributed by atoms with Gasteiger partial charge in [-0.2, -0.15) is 0 Å². The van der Waals surface area contributed by atoms with Crippen molar-refractivity contribution in [2.45, 2.75) is 6.42 Å². The molecule has 1 rings (SSSR count). The number of anilines is 1. The van der Waals surface area contributed by atoms with E-state index in [-0.39, 0.29) is 18.9 Å². The highest BCUT2D eigenvalue weighted by molar-refractivity contribution is 5.90. The minimum atomic E-state index is -0.427. The van der Waals surface area contributed by atoms with Crippen molar-refractivity contribution in [1.29, 1.82) is 0 Å².